The number of hydrogen-bond acceptors (Lipinski definition) is 2. The van der Waals surface area contributed by atoms with Gasteiger partial charge in [0.05, 0.1) is 0 Å². The van der Waals surface area contributed by atoms with Crippen LogP contribution in [0.3, 0.4) is 0 Å². The van der Waals surface area contributed by atoms with E-state index in [1.54, 1.807) is 0 Å². The zero-order valence-electron chi connectivity index (χ0n) is 6.07. The Morgan fingerprint density at radius 1 is 1.67 bits per heavy atom. The van der Waals surface area contributed by atoms with Gasteiger partial charge in [0.15, 0.2) is 0 Å². The van der Waals surface area contributed by atoms with Gasteiger partial charge in [-0.15, -0.1) is 0 Å². The number of carboxylic acid groups (broad SMARTS) is 1. The molecule has 62 valence electrons. The van der Waals surface area contributed by atoms with Crippen LogP contribution in [0.25, 0.3) is 6.08 Å². The number of rotatable bonds is 2. The molecule has 1 N–H and O–H groups in total. The Kier molecular flexibility index (Phi) is 2.53. The zero-order chi connectivity index (χ0) is 8.97. The molecule has 1 rings (SSSR count). The lowest BCUT2D eigenvalue weighted by Crippen LogP contribution is -1.89. The van der Waals surface area contributed by atoms with Gasteiger partial charge in [0.25, 0.3) is 0 Å². The lowest BCUT2D eigenvalue weighted by Gasteiger charge is -1.91. The topological polar surface area (TPSA) is 50.2 Å². The molecule has 0 aliphatic carbocycles. The summed E-state index contributed by atoms with van der Waals surface area (Å²) in [4.78, 5) is 13.4. The maximum atomic E-state index is 12.7. The molecule has 0 saturated heterocycles. The fourth-order valence-corrected chi connectivity index (χ4v) is 0.684. The quantitative estimate of drug-likeness (QED) is 0.533. The van der Waals surface area contributed by atoms with E-state index in [-0.39, 0.29) is 5.56 Å². The van der Waals surface area contributed by atoms with Crippen molar-refractivity contribution in [3.63, 3.8) is 0 Å². The van der Waals surface area contributed by atoms with Gasteiger partial charge in [0.2, 0.25) is 5.95 Å². The normalized spacial score (nSPS) is 10.4. The van der Waals surface area contributed by atoms with Gasteiger partial charge in [-0.2, -0.15) is 4.39 Å². The summed E-state index contributed by atoms with van der Waals surface area (Å²) in [6, 6.07) is 2.98. The lowest BCUT2D eigenvalue weighted by atomic mass is 10.2. The molecular weight excluding hydrogens is 161 g/mol. The van der Waals surface area contributed by atoms with Crippen molar-refractivity contribution in [3.8, 4) is 0 Å². The predicted molar refractivity (Wildman–Crippen MR) is 40.9 cm³/mol. The Morgan fingerprint density at radius 3 is 3.00 bits per heavy atom. The summed E-state index contributed by atoms with van der Waals surface area (Å²) >= 11 is 0. The average molecular weight is 167 g/mol. The fourth-order valence-electron chi connectivity index (χ4n) is 0.684. The SMILES string of the molecule is O=C(O)C=Cc1cccnc1F. The van der Waals surface area contributed by atoms with Crippen LogP contribution in [0.2, 0.25) is 0 Å². The van der Waals surface area contributed by atoms with Gasteiger partial charge >= 0.3 is 5.97 Å². The highest BCUT2D eigenvalue weighted by Crippen LogP contribution is 2.04. The predicted octanol–water partition coefficient (Wildman–Crippen LogP) is 1.32. The highest BCUT2D eigenvalue weighted by Gasteiger charge is 1.96. The van der Waals surface area contributed by atoms with Crippen LogP contribution in [-0.2, 0) is 4.79 Å². The largest absolute Gasteiger partial charge is 0.478 e. The molecule has 0 spiro atoms. The molecule has 0 unspecified atom stereocenters. The summed E-state index contributed by atoms with van der Waals surface area (Å²) in [7, 11) is 0. The molecule has 12 heavy (non-hydrogen) atoms. The van der Waals surface area contributed by atoms with Crippen molar-refractivity contribution in [1.82, 2.24) is 4.98 Å². The third-order valence-electron chi connectivity index (χ3n) is 1.19. The minimum Gasteiger partial charge on any atom is -0.478 e. The fraction of sp³-hybridized carbons (Fsp3) is 0. The summed E-state index contributed by atoms with van der Waals surface area (Å²) in [5, 5.41) is 8.24. The van der Waals surface area contributed by atoms with Gasteiger partial charge in [0.1, 0.15) is 0 Å². The smallest absolute Gasteiger partial charge is 0.328 e. The molecule has 0 atom stereocenters. The van der Waals surface area contributed by atoms with E-state index in [9.17, 15) is 9.18 Å². The second-order valence-corrected chi connectivity index (χ2v) is 2.06. The van der Waals surface area contributed by atoms with Crippen molar-refractivity contribution in [1.29, 1.82) is 0 Å². The average Bonchev–Trinajstić information content (AvgIpc) is 2.03. The van der Waals surface area contributed by atoms with E-state index in [0.717, 1.165) is 12.2 Å². The van der Waals surface area contributed by atoms with Crippen molar-refractivity contribution >= 4 is 12.0 Å². The number of pyridine rings is 1. The number of carbonyl (C=O) groups is 1. The minimum absolute atomic E-state index is 0.167. The van der Waals surface area contributed by atoms with E-state index >= 15 is 0 Å². The molecule has 1 aromatic heterocycles. The first-order valence-electron chi connectivity index (χ1n) is 3.21. The molecule has 0 amide bonds. The maximum Gasteiger partial charge on any atom is 0.328 e. The summed E-state index contributed by atoms with van der Waals surface area (Å²) in [6.45, 7) is 0. The van der Waals surface area contributed by atoms with Crippen LogP contribution < -0.4 is 0 Å². The Bertz CT molecular complexity index is 323. The van der Waals surface area contributed by atoms with Gasteiger partial charge in [-0.1, -0.05) is 0 Å². The van der Waals surface area contributed by atoms with E-state index < -0.39 is 11.9 Å². The Morgan fingerprint density at radius 2 is 2.42 bits per heavy atom. The first-order valence-corrected chi connectivity index (χ1v) is 3.21. The third kappa shape index (κ3) is 2.16. The highest BCUT2D eigenvalue weighted by atomic mass is 19.1. The van der Waals surface area contributed by atoms with Crippen molar-refractivity contribution in [2.45, 2.75) is 0 Å². The van der Waals surface area contributed by atoms with Crippen LogP contribution in [0, 0.1) is 5.95 Å². The van der Waals surface area contributed by atoms with E-state index in [1.165, 1.54) is 18.3 Å². The van der Waals surface area contributed by atoms with Crippen LogP contribution in [-0.4, -0.2) is 16.1 Å². The van der Waals surface area contributed by atoms with Crippen molar-refractivity contribution in [3.05, 3.63) is 35.9 Å². The molecule has 0 aliphatic heterocycles. The number of aromatic nitrogens is 1. The van der Waals surface area contributed by atoms with Crippen molar-refractivity contribution in [2.75, 3.05) is 0 Å². The van der Waals surface area contributed by atoms with Gasteiger partial charge in [-0.05, 0) is 18.2 Å². The zero-order valence-corrected chi connectivity index (χ0v) is 6.07. The first kappa shape index (κ1) is 8.39. The van der Waals surface area contributed by atoms with E-state index in [0.29, 0.717) is 0 Å². The molecule has 1 aromatic rings. The maximum absolute atomic E-state index is 12.7. The highest BCUT2D eigenvalue weighted by molar-refractivity contribution is 5.85. The van der Waals surface area contributed by atoms with Gasteiger partial charge < -0.3 is 5.11 Å². The summed E-state index contributed by atoms with van der Waals surface area (Å²) in [6.07, 6.45) is 3.32. The van der Waals surface area contributed by atoms with Crippen LogP contribution >= 0.6 is 0 Å². The van der Waals surface area contributed by atoms with Gasteiger partial charge in [-0.3, -0.25) is 0 Å². The van der Waals surface area contributed by atoms with Crippen molar-refractivity contribution < 1.29 is 14.3 Å². The van der Waals surface area contributed by atoms with Crippen LogP contribution in [0.4, 0.5) is 4.39 Å². The molecule has 3 nitrogen and oxygen atoms in total. The van der Waals surface area contributed by atoms with Crippen molar-refractivity contribution in [2.24, 2.45) is 0 Å². The molecule has 0 radical (unpaired) electrons. The standard InChI is InChI=1S/C8H6FNO2/c9-8-6(2-1-5-10-8)3-4-7(11)12/h1-5H,(H,11,12). The molecule has 0 fully saturated rings. The van der Waals surface area contributed by atoms with Gasteiger partial charge in [-0.25, -0.2) is 9.78 Å². The van der Waals surface area contributed by atoms with Crippen LogP contribution in [0.5, 0.6) is 0 Å². The van der Waals surface area contributed by atoms with E-state index in [4.69, 9.17) is 5.11 Å². The number of halogens is 1. The number of aliphatic carboxylic acids is 1. The van der Waals surface area contributed by atoms with Crippen LogP contribution in [0.1, 0.15) is 5.56 Å². The molecule has 1 heterocycles. The summed E-state index contributed by atoms with van der Waals surface area (Å²) in [5.74, 6) is -1.78. The second kappa shape index (κ2) is 3.61. The second-order valence-electron chi connectivity index (χ2n) is 2.06. The lowest BCUT2D eigenvalue weighted by molar-refractivity contribution is -0.131. The third-order valence-corrected chi connectivity index (χ3v) is 1.19. The van der Waals surface area contributed by atoms with E-state index in [2.05, 4.69) is 4.98 Å². The molecule has 0 aliphatic rings. The first-order chi connectivity index (χ1) is 5.70. The number of nitrogens with zero attached hydrogens (tertiary/aromatic N) is 1. The number of hydrogen-bond donors (Lipinski definition) is 1. The molecule has 0 saturated carbocycles. The monoisotopic (exact) mass is 167 g/mol. The number of carboxylic acids is 1. The van der Waals surface area contributed by atoms with Crippen LogP contribution in [0.15, 0.2) is 24.4 Å². The Hall–Kier alpha value is -1.71. The molecular formula is C8H6FNO2. The Balaban J connectivity index is 2.89. The van der Waals surface area contributed by atoms with E-state index in [1.807, 2.05) is 0 Å². The summed E-state index contributed by atoms with van der Waals surface area (Å²) in [5.41, 5.74) is 0.167. The molecule has 0 aromatic carbocycles. The van der Waals surface area contributed by atoms with Gasteiger partial charge in [0, 0.05) is 17.8 Å². The molecule has 4 heteroatoms. The summed E-state index contributed by atoms with van der Waals surface area (Å²) < 4.78 is 12.7. The Labute approximate surface area is 68.2 Å². The molecule has 0 bridgehead atoms. The minimum atomic E-state index is -1.11.